The SMILES string of the molecule is O.c1ccccc1.c1cscn1. The third-order valence-electron chi connectivity index (χ3n) is 1.01. The van der Waals surface area contributed by atoms with Gasteiger partial charge in [0.25, 0.3) is 0 Å². The molecule has 0 saturated heterocycles. The molecular formula is C9H11NOS. The topological polar surface area (TPSA) is 44.4 Å². The van der Waals surface area contributed by atoms with E-state index in [9.17, 15) is 0 Å². The molecule has 1 aromatic carbocycles. The standard InChI is InChI=1S/C6H6.C3H3NS.H2O/c1-2-4-6-5-3-1;1-2-5-3-4-1;/h1-6H;1-3H;1H2. The largest absolute Gasteiger partial charge is 0.412 e. The summed E-state index contributed by atoms with van der Waals surface area (Å²) in [6.45, 7) is 0. The van der Waals surface area contributed by atoms with Crippen LogP contribution >= 0.6 is 11.3 Å². The van der Waals surface area contributed by atoms with Crippen LogP contribution in [0.4, 0.5) is 0 Å². The Balaban J connectivity index is 0.000000189. The fourth-order valence-electron chi connectivity index (χ4n) is 0.561. The number of rotatable bonds is 0. The van der Waals surface area contributed by atoms with Crippen molar-refractivity contribution in [2.24, 2.45) is 0 Å². The molecule has 2 rings (SSSR count). The van der Waals surface area contributed by atoms with Crippen molar-refractivity contribution in [2.75, 3.05) is 0 Å². The first-order chi connectivity index (χ1) is 5.50. The Kier molecular flexibility index (Phi) is 7.13. The molecule has 0 aliphatic heterocycles. The number of hydrogen-bond donors (Lipinski definition) is 0. The van der Waals surface area contributed by atoms with Gasteiger partial charge in [-0.15, -0.1) is 11.3 Å². The van der Waals surface area contributed by atoms with Gasteiger partial charge in [0.2, 0.25) is 0 Å². The van der Waals surface area contributed by atoms with Crippen LogP contribution in [-0.2, 0) is 0 Å². The second-order valence-corrected chi connectivity index (χ2v) is 2.59. The minimum Gasteiger partial charge on any atom is -0.412 e. The summed E-state index contributed by atoms with van der Waals surface area (Å²) in [6, 6.07) is 12.0. The lowest BCUT2D eigenvalue weighted by Crippen LogP contribution is -1.47. The second kappa shape index (κ2) is 7.91. The van der Waals surface area contributed by atoms with E-state index in [2.05, 4.69) is 4.98 Å². The highest BCUT2D eigenvalue weighted by Gasteiger charge is 1.59. The molecule has 64 valence electrons. The lowest BCUT2D eigenvalue weighted by molar-refractivity contribution is 0.824. The van der Waals surface area contributed by atoms with Crippen LogP contribution < -0.4 is 0 Å². The summed E-state index contributed by atoms with van der Waals surface area (Å²) in [6.07, 6.45) is 1.77. The molecule has 1 aromatic heterocycles. The van der Waals surface area contributed by atoms with Gasteiger partial charge in [-0.05, 0) is 0 Å². The third-order valence-corrected chi connectivity index (χ3v) is 1.54. The first-order valence-corrected chi connectivity index (χ1v) is 4.26. The van der Waals surface area contributed by atoms with Gasteiger partial charge in [0.1, 0.15) is 0 Å². The van der Waals surface area contributed by atoms with Crippen LogP contribution in [0.1, 0.15) is 0 Å². The molecule has 0 amide bonds. The summed E-state index contributed by atoms with van der Waals surface area (Å²) < 4.78 is 0. The number of benzene rings is 1. The Morgan fingerprint density at radius 2 is 1.33 bits per heavy atom. The summed E-state index contributed by atoms with van der Waals surface area (Å²) in [5.74, 6) is 0. The van der Waals surface area contributed by atoms with E-state index in [1.165, 1.54) is 0 Å². The number of aromatic nitrogens is 1. The Bertz CT molecular complexity index is 200. The predicted octanol–water partition coefficient (Wildman–Crippen LogP) is 2.00. The highest BCUT2D eigenvalue weighted by atomic mass is 32.1. The van der Waals surface area contributed by atoms with Gasteiger partial charge < -0.3 is 5.48 Å². The fourth-order valence-corrected chi connectivity index (χ4v) is 0.912. The molecule has 0 saturated carbocycles. The lowest BCUT2D eigenvalue weighted by atomic mass is 10.4. The minimum absolute atomic E-state index is 0. The van der Waals surface area contributed by atoms with E-state index < -0.39 is 0 Å². The molecule has 0 unspecified atom stereocenters. The highest BCUT2D eigenvalue weighted by molar-refractivity contribution is 7.07. The number of nitrogens with zero attached hydrogens (tertiary/aromatic N) is 1. The fraction of sp³-hybridized carbons (Fsp3) is 0. The van der Waals surface area contributed by atoms with Crippen LogP contribution in [0.2, 0.25) is 0 Å². The van der Waals surface area contributed by atoms with E-state index in [4.69, 9.17) is 0 Å². The van der Waals surface area contributed by atoms with E-state index in [1.807, 2.05) is 41.8 Å². The monoisotopic (exact) mass is 181 g/mol. The van der Waals surface area contributed by atoms with Crippen molar-refractivity contribution in [3.8, 4) is 0 Å². The van der Waals surface area contributed by atoms with E-state index in [0.29, 0.717) is 0 Å². The molecule has 0 fully saturated rings. The zero-order chi connectivity index (χ0) is 7.78. The molecule has 2 N–H and O–H groups in total. The van der Waals surface area contributed by atoms with Gasteiger partial charge in [0.15, 0.2) is 0 Å². The van der Waals surface area contributed by atoms with Crippen molar-refractivity contribution in [2.45, 2.75) is 0 Å². The predicted molar refractivity (Wildman–Crippen MR) is 52.2 cm³/mol. The molecule has 0 radical (unpaired) electrons. The number of hydrogen-bond acceptors (Lipinski definition) is 2. The molecule has 0 spiro atoms. The van der Waals surface area contributed by atoms with Crippen LogP contribution in [0.5, 0.6) is 0 Å². The molecule has 2 aromatic rings. The summed E-state index contributed by atoms with van der Waals surface area (Å²) in [5, 5.41) is 1.93. The van der Waals surface area contributed by atoms with Crippen LogP contribution in [0, 0.1) is 0 Å². The maximum absolute atomic E-state index is 3.74. The zero-order valence-electron chi connectivity index (χ0n) is 6.55. The molecule has 0 bridgehead atoms. The van der Waals surface area contributed by atoms with Crippen molar-refractivity contribution < 1.29 is 5.48 Å². The normalized spacial score (nSPS) is 7.33. The summed E-state index contributed by atoms with van der Waals surface area (Å²) in [4.78, 5) is 3.74. The Morgan fingerprint density at radius 1 is 0.833 bits per heavy atom. The number of thiazole rings is 1. The molecule has 0 aliphatic carbocycles. The van der Waals surface area contributed by atoms with Crippen LogP contribution in [-0.4, -0.2) is 10.5 Å². The van der Waals surface area contributed by atoms with Gasteiger partial charge in [0.05, 0.1) is 5.51 Å². The first-order valence-electron chi connectivity index (χ1n) is 3.32. The Labute approximate surface area is 75.8 Å². The van der Waals surface area contributed by atoms with Crippen molar-refractivity contribution in [1.29, 1.82) is 0 Å². The van der Waals surface area contributed by atoms with Crippen LogP contribution in [0.25, 0.3) is 0 Å². The van der Waals surface area contributed by atoms with Crippen molar-refractivity contribution in [3.05, 3.63) is 53.5 Å². The van der Waals surface area contributed by atoms with E-state index in [1.54, 1.807) is 23.0 Å². The lowest BCUT2D eigenvalue weighted by Gasteiger charge is -1.69. The average molecular weight is 181 g/mol. The van der Waals surface area contributed by atoms with E-state index in [-0.39, 0.29) is 5.48 Å². The summed E-state index contributed by atoms with van der Waals surface area (Å²) >= 11 is 1.60. The third kappa shape index (κ3) is 5.58. The molecule has 1 heterocycles. The van der Waals surface area contributed by atoms with Gasteiger partial charge >= 0.3 is 0 Å². The van der Waals surface area contributed by atoms with Gasteiger partial charge in [-0.1, -0.05) is 36.4 Å². The van der Waals surface area contributed by atoms with Crippen molar-refractivity contribution in [3.63, 3.8) is 0 Å². The smallest absolute Gasteiger partial charge is 0.0791 e. The van der Waals surface area contributed by atoms with Gasteiger partial charge in [-0.2, -0.15) is 0 Å². The summed E-state index contributed by atoms with van der Waals surface area (Å²) in [7, 11) is 0. The quantitative estimate of drug-likeness (QED) is 0.613. The van der Waals surface area contributed by atoms with Crippen LogP contribution in [0.15, 0.2) is 53.5 Å². The van der Waals surface area contributed by atoms with Crippen molar-refractivity contribution in [1.82, 2.24) is 4.98 Å². The summed E-state index contributed by atoms with van der Waals surface area (Å²) in [5.41, 5.74) is 1.79. The van der Waals surface area contributed by atoms with Gasteiger partial charge in [-0.3, -0.25) is 4.98 Å². The van der Waals surface area contributed by atoms with Gasteiger partial charge in [-0.25, -0.2) is 0 Å². The first kappa shape index (κ1) is 10.8. The van der Waals surface area contributed by atoms with E-state index in [0.717, 1.165) is 0 Å². The molecule has 0 atom stereocenters. The van der Waals surface area contributed by atoms with Crippen LogP contribution in [0.3, 0.4) is 0 Å². The maximum Gasteiger partial charge on any atom is 0.0791 e. The Hall–Kier alpha value is -1.19. The molecule has 3 heteroatoms. The zero-order valence-corrected chi connectivity index (χ0v) is 7.37. The maximum atomic E-state index is 3.74. The average Bonchev–Trinajstić information content (AvgIpc) is 2.64. The van der Waals surface area contributed by atoms with E-state index >= 15 is 0 Å². The Morgan fingerprint density at radius 3 is 1.50 bits per heavy atom. The highest BCUT2D eigenvalue weighted by Crippen LogP contribution is 1.85. The minimum atomic E-state index is 0. The molecular weight excluding hydrogens is 170 g/mol. The van der Waals surface area contributed by atoms with Crippen molar-refractivity contribution >= 4 is 11.3 Å². The second-order valence-electron chi connectivity index (χ2n) is 1.83. The van der Waals surface area contributed by atoms with Gasteiger partial charge in [0, 0.05) is 11.6 Å². The molecule has 0 aliphatic rings. The molecule has 12 heavy (non-hydrogen) atoms. The molecule has 2 nitrogen and oxygen atoms in total.